The molecule has 1 aromatic carbocycles. The Balaban J connectivity index is 1.88. The van der Waals surface area contributed by atoms with E-state index in [1.165, 1.54) is 0 Å². The van der Waals surface area contributed by atoms with Crippen LogP contribution in [0, 0.1) is 5.92 Å². The van der Waals surface area contributed by atoms with Crippen molar-refractivity contribution < 1.29 is 14.6 Å². The van der Waals surface area contributed by atoms with E-state index >= 15 is 0 Å². The van der Waals surface area contributed by atoms with Crippen LogP contribution in [-0.4, -0.2) is 24.9 Å². The molecule has 0 heterocycles. The predicted octanol–water partition coefficient (Wildman–Crippen LogP) is 3.70. The van der Waals surface area contributed by atoms with E-state index in [4.69, 9.17) is 9.47 Å². The zero-order valence-electron chi connectivity index (χ0n) is 11.4. The Morgan fingerprint density at radius 1 is 1.42 bits per heavy atom. The molecule has 0 amide bonds. The highest BCUT2D eigenvalue weighted by molar-refractivity contribution is 9.10. The fraction of sp³-hybridized carbons (Fsp3) is 0.600. The third-order valence-corrected chi connectivity index (χ3v) is 4.40. The first kappa shape index (κ1) is 14.8. The van der Waals surface area contributed by atoms with Gasteiger partial charge in [0.15, 0.2) is 0 Å². The van der Waals surface area contributed by atoms with Crippen molar-refractivity contribution in [3.8, 4) is 5.75 Å². The van der Waals surface area contributed by atoms with E-state index in [2.05, 4.69) is 15.9 Å². The van der Waals surface area contributed by atoms with Gasteiger partial charge in [-0.25, -0.2) is 0 Å². The summed E-state index contributed by atoms with van der Waals surface area (Å²) in [5.41, 5.74) is 0.931. The van der Waals surface area contributed by atoms with Crippen LogP contribution >= 0.6 is 15.9 Å². The molecule has 0 saturated heterocycles. The zero-order valence-corrected chi connectivity index (χ0v) is 13.0. The molecule has 0 bridgehead atoms. The largest absolute Gasteiger partial charge is 0.497 e. The van der Waals surface area contributed by atoms with Crippen molar-refractivity contribution in [1.82, 2.24) is 0 Å². The molecule has 1 saturated carbocycles. The highest BCUT2D eigenvalue weighted by Crippen LogP contribution is 2.38. The molecule has 106 valence electrons. The fourth-order valence-corrected chi connectivity index (χ4v) is 3.21. The number of ether oxygens (including phenoxy) is 2. The van der Waals surface area contributed by atoms with E-state index in [9.17, 15) is 5.11 Å². The molecule has 1 unspecified atom stereocenters. The molecular formula is C15H21BrO3. The van der Waals surface area contributed by atoms with Gasteiger partial charge in [-0.1, -0.05) is 22.0 Å². The maximum absolute atomic E-state index is 10.3. The average molecular weight is 329 g/mol. The summed E-state index contributed by atoms with van der Waals surface area (Å²) in [5, 5.41) is 10.3. The normalized spacial score (nSPS) is 23.8. The quantitative estimate of drug-likeness (QED) is 0.865. The fourth-order valence-electron chi connectivity index (χ4n) is 2.59. The Hall–Kier alpha value is -0.580. The lowest BCUT2D eigenvalue weighted by molar-refractivity contribution is -0.0380. The van der Waals surface area contributed by atoms with Gasteiger partial charge in [0.1, 0.15) is 5.75 Å². The molecule has 1 aliphatic carbocycles. The van der Waals surface area contributed by atoms with Gasteiger partial charge in [0, 0.05) is 11.1 Å². The molecule has 0 spiro atoms. The second-order valence-corrected chi connectivity index (χ2v) is 5.91. The first-order valence-electron chi connectivity index (χ1n) is 6.77. The molecule has 0 aromatic heterocycles. The summed E-state index contributed by atoms with van der Waals surface area (Å²) in [7, 11) is 1.64. The number of methoxy groups -OCH3 is 1. The van der Waals surface area contributed by atoms with Crippen molar-refractivity contribution in [2.45, 2.75) is 38.4 Å². The number of halogens is 1. The smallest absolute Gasteiger partial charge is 0.120 e. The highest BCUT2D eigenvalue weighted by atomic mass is 79.9. The second-order valence-electron chi connectivity index (χ2n) is 5.05. The maximum atomic E-state index is 10.3. The Labute approximate surface area is 123 Å². The molecule has 0 radical (unpaired) electrons. The summed E-state index contributed by atoms with van der Waals surface area (Å²) in [6.07, 6.45) is 2.92. The van der Waals surface area contributed by atoms with Gasteiger partial charge in [-0.15, -0.1) is 0 Å². The van der Waals surface area contributed by atoms with Crippen LogP contribution in [0.25, 0.3) is 0 Å². The van der Waals surface area contributed by atoms with E-state index in [1.54, 1.807) is 7.11 Å². The van der Waals surface area contributed by atoms with E-state index in [1.807, 2.05) is 25.1 Å². The number of aliphatic hydroxyl groups excluding tert-OH is 1. The maximum Gasteiger partial charge on any atom is 0.120 e. The molecule has 3 nitrogen and oxygen atoms in total. The van der Waals surface area contributed by atoms with Crippen molar-refractivity contribution in [2.75, 3.05) is 13.7 Å². The van der Waals surface area contributed by atoms with Crippen LogP contribution in [0.1, 0.15) is 37.9 Å². The molecule has 4 heteroatoms. The molecule has 19 heavy (non-hydrogen) atoms. The summed E-state index contributed by atoms with van der Waals surface area (Å²) >= 11 is 3.49. The molecule has 1 atom stereocenters. The second kappa shape index (κ2) is 6.73. The van der Waals surface area contributed by atoms with E-state index in [0.29, 0.717) is 12.0 Å². The standard InChI is InChI=1S/C15H21BrO3/c1-3-19-12-6-10(7-12)8-15(17)13-5-4-11(18-2)9-14(13)16/h4-5,9-10,12,15,17H,3,6-8H2,1-2H3. The van der Waals surface area contributed by atoms with Gasteiger partial charge in [0.05, 0.1) is 19.3 Å². The number of hydrogen-bond donors (Lipinski definition) is 1. The topological polar surface area (TPSA) is 38.7 Å². The van der Waals surface area contributed by atoms with Crippen molar-refractivity contribution in [3.05, 3.63) is 28.2 Å². The lowest BCUT2D eigenvalue weighted by Gasteiger charge is -2.36. The number of rotatable bonds is 6. The first-order chi connectivity index (χ1) is 9.13. The summed E-state index contributed by atoms with van der Waals surface area (Å²) < 4.78 is 11.6. The molecule has 1 N–H and O–H groups in total. The number of benzene rings is 1. The molecule has 1 aromatic rings. The lowest BCUT2D eigenvalue weighted by Crippen LogP contribution is -2.32. The van der Waals surface area contributed by atoms with Gasteiger partial charge >= 0.3 is 0 Å². The van der Waals surface area contributed by atoms with Gasteiger partial charge in [-0.2, -0.15) is 0 Å². The minimum Gasteiger partial charge on any atom is -0.497 e. The average Bonchev–Trinajstić information content (AvgIpc) is 2.35. The van der Waals surface area contributed by atoms with E-state index in [0.717, 1.165) is 41.7 Å². The molecule has 2 rings (SSSR count). The van der Waals surface area contributed by atoms with Gasteiger partial charge < -0.3 is 14.6 Å². The Morgan fingerprint density at radius 3 is 2.74 bits per heavy atom. The lowest BCUT2D eigenvalue weighted by atomic mass is 9.78. The summed E-state index contributed by atoms with van der Waals surface area (Å²) in [6, 6.07) is 5.70. The summed E-state index contributed by atoms with van der Waals surface area (Å²) in [4.78, 5) is 0. The van der Waals surface area contributed by atoms with Crippen LogP contribution in [0.3, 0.4) is 0 Å². The van der Waals surface area contributed by atoms with Crippen LogP contribution in [-0.2, 0) is 4.74 Å². The Morgan fingerprint density at radius 2 is 2.16 bits per heavy atom. The van der Waals surface area contributed by atoms with Gasteiger partial charge in [-0.05, 0) is 49.8 Å². The van der Waals surface area contributed by atoms with Crippen molar-refractivity contribution in [2.24, 2.45) is 5.92 Å². The van der Waals surface area contributed by atoms with Crippen LogP contribution in [0.2, 0.25) is 0 Å². The Kier molecular flexibility index (Phi) is 5.25. The van der Waals surface area contributed by atoms with Crippen molar-refractivity contribution >= 4 is 15.9 Å². The summed E-state index contributed by atoms with van der Waals surface area (Å²) in [6.45, 7) is 2.81. The summed E-state index contributed by atoms with van der Waals surface area (Å²) in [5.74, 6) is 1.36. The predicted molar refractivity (Wildman–Crippen MR) is 78.4 cm³/mol. The zero-order chi connectivity index (χ0) is 13.8. The van der Waals surface area contributed by atoms with E-state index in [-0.39, 0.29) is 0 Å². The molecule has 0 aliphatic heterocycles. The van der Waals surface area contributed by atoms with Gasteiger partial charge in [0.25, 0.3) is 0 Å². The third-order valence-electron chi connectivity index (χ3n) is 3.72. The molecule has 1 fully saturated rings. The van der Waals surface area contributed by atoms with Gasteiger partial charge in [-0.3, -0.25) is 0 Å². The van der Waals surface area contributed by atoms with Crippen LogP contribution < -0.4 is 4.74 Å². The Bertz CT molecular complexity index is 416. The first-order valence-corrected chi connectivity index (χ1v) is 7.56. The van der Waals surface area contributed by atoms with Crippen molar-refractivity contribution in [3.63, 3.8) is 0 Å². The SMILES string of the molecule is CCOC1CC(CC(O)c2ccc(OC)cc2Br)C1. The van der Waals surface area contributed by atoms with Crippen LogP contribution in [0.4, 0.5) is 0 Å². The monoisotopic (exact) mass is 328 g/mol. The third kappa shape index (κ3) is 3.71. The van der Waals surface area contributed by atoms with Crippen LogP contribution in [0.15, 0.2) is 22.7 Å². The van der Waals surface area contributed by atoms with Gasteiger partial charge in [0.2, 0.25) is 0 Å². The number of aliphatic hydroxyl groups is 1. The number of hydrogen-bond acceptors (Lipinski definition) is 3. The van der Waals surface area contributed by atoms with Crippen molar-refractivity contribution in [1.29, 1.82) is 0 Å². The minimum absolute atomic E-state index is 0.404. The molecule has 1 aliphatic rings. The molecular weight excluding hydrogens is 308 g/mol. The highest BCUT2D eigenvalue weighted by Gasteiger charge is 2.31. The minimum atomic E-state index is -0.423. The van der Waals surface area contributed by atoms with Crippen LogP contribution in [0.5, 0.6) is 5.75 Å². The van der Waals surface area contributed by atoms with E-state index < -0.39 is 6.10 Å².